The smallest absolute Gasteiger partial charge is 0.303 e. The highest BCUT2D eigenvalue weighted by Gasteiger charge is 2.14. The fourth-order valence-corrected chi connectivity index (χ4v) is 1.80. The normalized spacial score (nSPS) is 15.2. The highest BCUT2D eigenvalue weighted by molar-refractivity contribution is 5.66. The minimum atomic E-state index is -0.718. The SMILES string of the molecule is CC(C)CC(CNC(C)CCC(=O)O)N(C)C. The lowest BCUT2D eigenvalue weighted by Gasteiger charge is -2.27. The van der Waals surface area contributed by atoms with Crippen molar-refractivity contribution in [3.63, 3.8) is 0 Å². The number of carboxylic acids is 1. The molecule has 0 aromatic heterocycles. The standard InChI is InChI=1S/C13H28N2O2/c1-10(2)8-12(15(4)5)9-14-11(3)6-7-13(16)17/h10-12,14H,6-9H2,1-5H3,(H,16,17). The Kier molecular flexibility index (Phi) is 8.17. The van der Waals surface area contributed by atoms with Gasteiger partial charge in [0.25, 0.3) is 0 Å². The van der Waals surface area contributed by atoms with Crippen LogP contribution in [0.25, 0.3) is 0 Å². The molecule has 0 aliphatic heterocycles. The molecular weight excluding hydrogens is 216 g/mol. The number of carbonyl (C=O) groups is 1. The van der Waals surface area contributed by atoms with E-state index in [0.717, 1.165) is 13.0 Å². The number of likely N-dealkylation sites (N-methyl/N-ethyl adjacent to an activating group) is 1. The molecule has 0 spiro atoms. The summed E-state index contributed by atoms with van der Waals surface area (Å²) in [6, 6.07) is 0.781. The highest BCUT2D eigenvalue weighted by Crippen LogP contribution is 2.08. The Morgan fingerprint density at radius 2 is 1.88 bits per heavy atom. The Bertz CT molecular complexity index is 217. The number of aliphatic carboxylic acids is 1. The van der Waals surface area contributed by atoms with Crippen LogP contribution in [0.15, 0.2) is 0 Å². The molecule has 2 unspecified atom stereocenters. The molecule has 2 N–H and O–H groups in total. The predicted octanol–water partition coefficient (Wildman–Crippen LogP) is 1.81. The highest BCUT2D eigenvalue weighted by atomic mass is 16.4. The molecule has 0 aromatic carbocycles. The molecule has 0 saturated carbocycles. The molecule has 0 aliphatic carbocycles. The third-order valence-corrected chi connectivity index (χ3v) is 2.97. The van der Waals surface area contributed by atoms with Crippen molar-refractivity contribution in [3.8, 4) is 0 Å². The van der Waals surface area contributed by atoms with Crippen LogP contribution in [0.3, 0.4) is 0 Å². The summed E-state index contributed by atoms with van der Waals surface area (Å²) in [7, 11) is 4.19. The van der Waals surface area contributed by atoms with Crippen LogP contribution in [0.5, 0.6) is 0 Å². The molecule has 0 radical (unpaired) electrons. The van der Waals surface area contributed by atoms with Crippen LogP contribution in [0.1, 0.15) is 40.0 Å². The minimum Gasteiger partial charge on any atom is -0.481 e. The maximum Gasteiger partial charge on any atom is 0.303 e. The van der Waals surface area contributed by atoms with Crippen LogP contribution in [-0.2, 0) is 4.79 Å². The Morgan fingerprint density at radius 3 is 2.29 bits per heavy atom. The number of hydrogen-bond acceptors (Lipinski definition) is 3. The molecule has 2 atom stereocenters. The lowest BCUT2D eigenvalue weighted by Crippen LogP contribution is -2.41. The first-order valence-corrected chi connectivity index (χ1v) is 6.44. The third kappa shape index (κ3) is 9.12. The van der Waals surface area contributed by atoms with Gasteiger partial charge in [-0.3, -0.25) is 4.79 Å². The molecule has 0 aliphatic rings. The van der Waals surface area contributed by atoms with Gasteiger partial charge in [0.2, 0.25) is 0 Å². The van der Waals surface area contributed by atoms with Crippen LogP contribution < -0.4 is 5.32 Å². The van der Waals surface area contributed by atoms with E-state index in [0.29, 0.717) is 18.4 Å². The van der Waals surface area contributed by atoms with Gasteiger partial charge in [-0.05, 0) is 39.8 Å². The molecule has 0 aromatic rings. The van der Waals surface area contributed by atoms with Crippen LogP contribution >= 0.6 is 0 Å². The second kappa shape index (κ2) is 8.48. The van der Waals surface area contributed by atoms with Gasteiger partial charge in [0.05, 0.1) is 0 Å². The van der Waals surface area contributed by atoms with E-state index < -0.39 is 5.97 Å². The Balaban J connectivity index is 3.90. The van der Waals surface area contributed by atoms with E-state index in [4.69, 9.17) is 5.11 Å². The average Bonchev–Trinajstić information content (AvgIpc) is 2.20. The largest absolute Gasteiger partial charge is 0.481 e. The van der Waals surface area contributed by atoms with Crippen LogP contribution in [-0.4, -0.2) is 48.7 Å². The summed E-state index contributed by atoms with van der Waals surface area (Å²) in [5.41, 5.74) is 0. The van der Waals surface area contributed by atoms with E-state index in [9.17, 15) is 4.79 Å². The summed E-state index contributed by atoms with van der Waals surface area (Å²) in [5.74, 6) is -0.0384. The summed E-state index contributed by atoms with van der Waals surface area (Å²) < 4.78 is 0. The van der Waals surface area contributed by atoms with E-state index >= 15 is 0 Å². The minimum absolute atomic E-state index is 0.241. The van der Waals surface area contributed by atoms with Crippen molar-refractivity contribution in [3.05, 3.63) is 0 Å². The predicted molar refractivity (Wildman–Crippen MR) is 71.3 cm³/mol. The average molecular weight is 244 g/mol. The van der Waals surface area contributed by atoms with E-state index in [1.54, 1.807) is 0 Å². The fourth-order valence-electron chi connectivity index (χ4n) is 1.80. The summed E-state index contributed by atoms with van der Waals surface area (Å²) in [6.45, 7) is 7.42. The summed E-state index contributed by atoms with van der Waals surface area (Å²) in [4.78, 5) is 12.7. The van der Waals surface area contributed by atoms with Crippen molar-refractivity contribution < 1.29 is 9.90 Å². The molecule has 0 saturated heterocycles. The van der Waals surface area contributed by atoms with E-state index in [-0.39, 0.29) is 12.5 Å². The molecule has 0 rings (SSSR count). The number of carboxylic acid groups (broad SMARTS) is 1. The quantitative estimate of drug-likeness (QED) is 0.649. The summed E-state index contributed by atoms with van der Waals surface area (Å²) in [5, 5.41) is 12.0. The second-order valence-electron chi connectivity index (χ2n) is 5.49. The molecular formula is C13H28N2O2. The third-order valence-electron chi connectivity index (χ3n) is 2.97. The molecule has 0 amide bonds. The van der Waals surface area contributed by atoms with Crippen molar-refractivity contribution in [1.82, 2.24) is 10.2 Å². The molecule has 17 heavy (non-hydrogen) atoms. The van der Waals surface area contributed by atoms with Crippen LogP contribution in [0, 0.1) is 5.92 Å². The van der Waals surface area contributed by atoms with Crippen molar-refractivity contribution in [2.75, 3.05) is 20.6 Å². The Labute approximate surface area is 105 Å². The molecule has 102 valence electrons. The topological polar surface area (TPSA) is 52.6 Å². The monoisotopic (exact) mass is 244 g/mol. The first-order valence-electron chi connectivity index (χ1n) is 6.44. The summed E-state index contributed by atoms with van der Waals surface area (Å²) >= 11 is 0. The maximum absolute atomic E-state index is 10.5. The Hall–Kier alpha value is -0.610. The van der Waals surface area contributed by atoms with Gasteiger partial charge in [-0.1, -0.05) is 13.8 Å². The van der Waals surface area contributed by atoms with Gasteiger partial charge >= 0.3 is 5.97 Å². The van der Waals surface area contributed by atoms with Gasteiger partial charge in [-0.25, -0.2) is 0 Å². The van der Waals surface area contributed by atoms with Gasteiger partial charge in [-0.15, -0.1) is 0 Å². The number of nitrogens with zero attached hydrogens (tertiary/aromatic N) is 1. The second-order valence-corrected chi connectivity index (χ2v) is 5.49. The van der Waals surface area contributed by atoms with Crippen molar-refractivity contribution in [2.45, 2.75) is 52.1 Å². The molecule has 4 heteroatoms. The van der Waals surface area contributed by atoms with Gasteiger partial charge < -0.3 is 15.3 Å². The Morgan fingerprint density at radius 1 is 1.29 bits per heavy atom. The van der Waals surface area contributed by atoms with Crippen molar-refractivity contribution >= 4 is 5.97 Å². The molecule has 0 fully saturated rings. The zero-order chi connectivity index (χ0) is 13.4. The summed E-state index contributed by atoms with van der Waals surface area (Å²) in [6.07, 6.45) is 2.09. The lowest BCUT2D eigenvalue weighted by atomic mass is 10.0. The molecule has 0 bridgehead atoms. The first-order chi connectivity index (χ1) is 7.82. The van der Waals surface area contributed by atoms with Crippen LogP contribution in [0.4, 0.5) is 0 Å². The first kappa shape index (κ1) is 16.4. The number of hydrogen-bond donors (Lipinski definition) is 2. The fraction of sp³-hybridized carbons (Fsp3) is 0.923. The van der Waals surface area contributed by atoms with Crippen molar-refractivity contribution in [2.24, 2.45) is 5.92 Å². The van der Waals surface area contributed by atoms with Crippen LogP contribution in [0.2, 0.25) is 0 Å². The lowest BCUT2D eigenvalue weighted by molar-refractivity contribution is -0.137. The van der Waals surface area contributed by atoms with Gasteiger partial charge in [0, 0.05) is 25.0 Å². The maximum atomic E-state index is 10.5. The van der Waals surface area contributed by atoms with E-state index in [1.165, 1.54) is 0 Å². The van der Waals surface area contributed by atoms with E-state index in [2.05, 4.69) is 38.2 Å². The number of rotatable bonds is 9. The van der Waals surface area contributed by atoms with E-state index in [1.807, 2.05) is 6.92 Å². The zero-order valence-electron chi connectivity index (χ0n) is 11.9. The number of nitrogens with one attached hydrogen (secondary N) is 1. The van der Waals surface area contributed by atoms with Crippen molar-refractivity contribution in [1.29, 1.82) is 0 Å². The zero-order valence-corrected chi connectivity index (χ0v) is 11.9. The van der Waals surface area contributed by atoms with Gasteiger partial charge in [0.15, 0.2) is 0 Å². The molecule has 0 heterocycles. The van der Waals surface area contributed by atoms with Gasteiger partial charge in [-0.2, -0.15) is 0 Å². The molecule has 4 nitrogen and oxygen atoms in total. The van der Waals surface area contributed by atoms with Gasteiger partial charge in [0.1, 0.15) is 0 Å².